The first kappa shape index (κ1) is 15.3. The molecule has 1 aromatic heterocycles. The summed E-state index contributed by atoms with van der Waals surface area (Å²) in [6.07, 6.45) is 3.74. The Kier molecular flexibility index (Phi) is 6.12. The van der Waals surface area contributed by atoms with Gasteiger partial charge in [0.1, 0.15) is 0 Å². The number of hydrogen-bond donors (Lipinski definition) is 2. The van der Waals surface area contributed by atoms with Gasteiger partial charge < -0.3 is 10.6 Å². The number of hydrogen-bond acceptors (Lipinski definition) is 2. The Bertz CT molecular complexity index is 445. The second-order valence-corrected chi connectivity index (χ2v) is 4.30. The van der Waals surface area contributed by atoms with Gasteiger partial charge in [-0.3, -0.25) is 9.67 Å². The molecule has 106 valence electrons. The lowest BCUT2D eigenvalue weighted by molar-refractivity contribution is 0.702. The van der Waals surface area contributed by atoms with Gasteiger partial charge in [0.2, 0.25) is 0 Å². The normalized spacial score (nSPS) is 11.5. The third kappa shape index (κ3) is 3.84. The Balaban J connectivity index is 2.78. The fraction of sp³-hybridized carbons (Fsp3) is 0.571. The van der Waals surface area contributed by atoms with Crippen molar-refractivity contribution in [1.82, 2.24) is 20.4 Å². The number of nitrogens with zero attached hydrogens (tertiary/aromatic N) is 3. The summed E-state index contributed by atoms with van der Waals surface area (Å²) in [6, 6.07) is 0. The van der Waals surface area contributed by atoms with Gasteiger partial charge in [-0.2, -0.15) is 5.10 Å². The highest BCUT2D eigenvalue weighted by Gasteiger charge is 2.13. The molecule has 0 saturated carbocycles. The fourth-order valence-corrected chi connectivity index (χ4v) is 2.16. The predicted octanol–water partition coefficient (Wildman–Crippen LogP) is 1.40. The Morgan fingerprint density at radius 1 is 1.37 bits per heavy atom. The molecule has 0 amide bonds. The van der Waals surface area contributed by atoms with E-state index in [2.05, 4.69) is 41.2 Å². The first-order chi connectivity index (χ1) is 9.17. The third-order valence-electron chi connectivity index (χ3n) is 3.10. The van der Waals surface area contributed by atoms with Crippen LogP contribution in [-0.4, -0.2) is 29.3 Å². The Labute approximate surface area is 115 Å². The Hall–Kier alpha value is -1.78. The summed E-state index contributed by atoms with van der Waals surface area (Å²) >= 11 is 0. The van der Waals surface area contributed by atoms with Gasteiger partial charge in [0, 0.05) is 38.4 Å². The molecule has 19 heavy (non-hydrogen) atoms. The van der Waals surface area contributed by atoms with Gasteiger partial charge in [0.05, 0.1) is 5.69 Å². The molecule has 0 unspecified atom stereocenters. The van der Waals surface area contributed by atoms with Crippen LogP contribution in [0.2, 0.25) is 0 Å². The van der Waals surface area contributed by atoms with Crippen LogP contribution in [0.4, 0.5) is 0 Å². The summed E-state index contributed by atoms with van der Waals surface area (Å²) in [7, 11) is 3.77. The van der Waals surface area contributed by atoms with Gasteiger partial charge in [-0.15, -0.1) is 6.58 Å². The first-order valence-electron chi connectivity index (χ1n) is 6.76. The summed E-state index contributed by atoms with van der Waals surface area (Å²) in [6.45, 7) is 9.43. The van der Waals surface area contributed by atoms with Gasteiger partial charge in [0.15, 0.2) is 5.96 Å². The summed E-state index contributed by atoms with van der Waals surface area (Å²) in [4.78, 5) is 4.18. The second kappa shape index (κ2) is 7.61. The number of aromatic nitrogens is 2. The lowest BCUT2D eigenvalue weighted by Crippen LogP contribution is -2.37. The molecule has 0 aliphatic rings. The molecule has 5 heteroatoms. The average Bonchev–Trinajstić information content (AvgIpc) is 2.74. The van der Waals surface area contributed by atoms with Crippen molar-refractivity contribution < 1.29 is 0 Å². The van der Waals surface area contributed by atoms with E-state index in [4.69, 9.17) is 0 Å². The summed E-state index contributed by atoms with van der Waals surface area (Å²) in [5.74, 6) is 0.785. The number of nitrogens with one attached hydrogen (secondary N) is 2. The van der Waals surface area contributed by atoms with Crippen LogP contribution in [-0.2, 0) is 26.4 Å². The van der Waals surface area contributed by atoms with Crippen LogP contribution in [0.25, 0.3) is 0 Å². The number of guanidine groups is 1. The molecule has 0 saturated heterocycles. The monoisotopic (exact) mass is 263 g/mol. The Morgan fingerprint density at radius 2 is 2.11 bits per heavy atom. The maximum absolute atomic E-state index is 4.57. The lowest BCUT2D eigenvalue weighted by atomic mass is 10.1. The van der Waals surface area contributed by atoms with E-state index in [0.717, 1.165) is 31.0 Å². The maximum atomic E-state index is 4.57. The molecule has 1 rings (SSSR count). The van der Waals surface area contributed by atoms with Crippen molar-refractivity contribution in [2.45, 2.75) is 33.2 Å². The minimum atomic E-state index is 0.702. The second-order valence-electron chi connectivity index (χ2n) is 4.30. The molecule has 1 aromatic rings. The largest absolute Gasteiger partial charge is 0.353 e. The minimum absolute atomic E-state index is 0.702. The zero-order chi connectivity index (χ0) is 14.3. The molecule has 0 radical (unpaired) electrons. The van der Waals surface area contributed by atoms with Crippen molar-refractivity contribution in [1.29, 1.82) is 0 Å². The SMILES string of the molecule is C=CCNC(=NC)NCc1c(CC)nn(C)c1CC. The average molecular weight is 263 g/mol. The highest BCUT2D eigenvalue weighted by atomic mass is 15.3. The van der Waals surface area contributed by atoms with Crippen LogP contribution < -0.4 is 10.6 Å². The number of aryl methyl sites for hydroxylation is 2. The molecule has 0 aliphatic carbocycles. The van der Waals surface area contributed by atoms with E-state index in [9.17, 15) is 0 Å². The standard InChI is InChI=1S/C14H25N5/c1-6-9-16-14(15-4)17-10-11-12(7-2)18-19(5)13(11)8-3/h6H,1,7-10H2,2-5H3,(H2,15,16,17). The van der Waals surface area contributed by atoms with Crippen LogP contribution in [0.15, 0.2) is 17.6 Å². The topological polar surface area (TPSA) is 54.2 Å². The van der Waals surface area contributed by atoms with E-state index in [1.165, 1.54) is 11.3 Å². The van der Waals surface area contributed by atoms with E-state index >= 15 is 0 Å². The molecular formula is C14H25N5. The van der Waals surface area contributed by atoms with Crippen molar-refractivity contribution in [3.63, 3.8) is 0 Å². The van der Waals surface area contributed by atoms with E-state index < -0.39 is 0 Å². The summed E-state index contributed by atoms with van der Waals surface area (Å²) in [5.41, 5.74) is 3.73. The lowest BCUT2D eigenvalue weighted by Gasteiger charge is -2.11. The summed E-state index contributed by atoms with van der Waals surface area (Å²) in [5, 5.41) is 11.1. The Morgan fingerprint density at radius 3 is 2.63 bits per heavy atom. The van der Waals surface area contributed by atoms with E-state index in [1.54, 1.807) is 7.05 Å². The van der Waals surface area contributed by atoms with Crippen molar-refractivity contribution in [2.75, 3.05) is 13.6 Å². The number of aliphatic imine (C=N–C) groups is 1. The molecule has 0 fully saturated rings. The predicted molar refractivity (Wildman–Crippen MR) is 80.4 cm³/mol. The van der Waals surface area contributed by atoms with Gasteiger partial charge in [-0.25, -0.2) is 0 Å². The van der Waals surface area contributed by atoms with Crippen LogP contribution in [0.5, 0.6) is 0 Å². The van der Waals surface area contributed by atoms with Crippen LogP contribution in [0, 0.1) is 0 Å². The van der Waals surface area contributed by atoms with Crippen LogP contribution in [0.3, 0.4) is 0 Å². The minimum Gasteiger partial charge on any atom is -0.353 e. The zero-order valence-corrected chi connectivity index (χ0v) is 12.5. The van der Waals surface area contributed by atoms with E-state index in [-0.39, 0.29) is 0 Å². The van der Waals surface area contributed by atoms with Crippen LogP contribution in [0.1, 0.15) is 30.8 Å². The molecule has 1 heterocycles. The molecule has 0 aromatic carbocycles. The molecule has 5 nitrogen and oxygen atoms in total. The first-order valence-corrected chi connectivity index (χ1v) is 6.76. The molecular weight excluding hydrogens is 238 g/mol. The zero-order valence-electron chi connectivity index (χ0n) is 12.5. The third-order valence-corrected chi connectivity index (χ3v) is 3.10. The quantitative estimate of drug-likeness (QED) is 0.463. The maximum Gasteiger partial charge on any atom is 0.191 e. The molecule has 2 N–H and O–H groups in total. The summed E-state index contributed by atoms with van der Waals surface area (Å²) < 4.78 is 1.98. The van der Waals surface area contributed by atoms with E-state index in [1.807, 2.05) is 17.8 Å². The van der Waals surface area contributed by atoms with Gasteiger partial charge >= 0.3 is 0 Å². The van der Waals surface area contributed by atoms with Gasteiger partial charge in [-0.05, 0) is 12.8 Å². The van der Waals surface area contributed by atoms with Crippen molar-refractivity contribution >= 4 is 5.96 Å². The molecule has 0 bridgehead atoms. The fourth-order valence-electron chi connectivity index (χ4n) is 2.16. The molecule has 0 spiro atoms. The molecule has 0 aliphatic heterocycles. The van der Waals surface area contributed by atoms with Crippen molar-refractivity contribution in [3.8, 4) is 0 Å². The van der Waals surface area contributed by atoms with Gasteiger partial charge in [-0.1, -0.05) is 19.9 Å². The number of rotatable bonds is 6. The van der Waals surface area contributed by atoms with Crippen molar-refractivity contribution in [2.24, 2.45) is 12.0 Å². The van der Waals surface area contributed by atoms with Gasteiger partial charge in [0.25, 0.3) is 0 Å². The highest BCUT2D eigenvalue weighted by Crippen LogP contribution is 2.14. The highest BCUT2D eigenvalue weighted by molar-refractivity contribution is 5.79. The van der Waals surface area contributed by atoms with Crippen LogP contribution >= 0.6 is 0 Å². The van der Waals surface area contributed by atoms with Crippen molar-refractivity contribution in [3.05, 3.63) is 29.6 Å². The molecule has 0 atom stereocenters. The van der Waals surface area contributed by atoms with E-state index in [0.29, 0.717) is 6.54 Å². The smallest absolute Gasteiger partial charge is 0.191 e.